The lowest BCUT2D eigenvalue weighted by atomic mass is 9.73. The maximum absolute atomic E-state index is 14.1. The van der Waals surface area contributed by atoms with Crippen molar-refractivity contribution >= 4 is 32.0 Å². The molecule has 0 spiro atoms. The third kappa shape index (κ3) is 7.56. The van der Waals surface area contributed by atoms with E-state index in [1.54, 1.807) is 6.20 Å². The Labute approximate surface area is 278 Å². The number of nitrogens with zero attached hydrogens (tertiary/aromatic N) is 1. The number of carbonyl (C=O) groups is 2. The Morgan fingerprint density at radius 2 is 1.52 bits per heavy atom. The highest BCUT2D eigenvalue weighted by Crippen LogP contribution is 2.51. The van der Waals surface area contributed by atoms with Crippen molar-refractivity contribution in [3.63, 3.8) is 0 Å². The van der Waals surface area contributed by atoms with Gasteiger partial charge in [-0.2, -0.15) is 0 Å². The molecule has 4 aromatic rings. The zero-order chi connectivity index (χ0) is 33.3. The molecular weight excluding hydrogens is 587 g/mol. The van der Waals surface area contributed by atoms with Gasteiger partial charge in [0.2, 0.25) is 5.91 Å². The van der Waals surface area contributed by atoms with E-state index in [9.17, 15) is 9.59 Å². The molecule has 6 nitrogen and oxygen atoms in total. The van der Waals surface area contributed by atoms with Crippen molar-refractivity contribution in [3.8, 4) is 11.1 Å². The summed E-state index contributed by atoms with van der Waals surface area (Å²) in [5.74, 6) is 0.0797. The van der Waals surface area contributed by atoms with Crippen LogP contribution in [-0.4, -0.2) is 59.1 Å². The van der Waals surface area contributed by atoms with Gasteiger partial charge in [0, 0.05) is 42.8 Å². The van der Waals surface area contributed by atoms with E-state index in [-0.39, 0.29) is 23.0 Å². The van der Waals surface area contributed by atoms with E-state index in [0.29, 0.717) is 12.1 Å². The number of fused-ring (bicyclic) bond motifs is 4. The largest absolute Gasteiger partial charge is 0.360 e. The molecule has 246 valence electrons. The molecule has 1 aromatic heterocycles. The van der Waals surface area contributed by atoms with E-state index in [2.05, 4.69) is 92.1 Å². The van der Waals surface area contributed by atoms with Crippen molar-refractivity contribution in [3.05, 3.63) is 95.7 Å². The monoisotopic (exact) mass is 640 g/mol. The van der Waals surface area contributed by atoms with Gasteiger partial charge < -0.3 is 20.5 Å². The van der Waals surface area contributed by atoms with Crippen molar-refractivity contribution in [2.45, 2.75) is 83.8 Å². The quantitative estimate of drug-likeness (QED) is 0.122. The highest BCUT2D eigenvalue weighted by atomic mass is 31.0. The molecule has 2 atom stereocenters. The molecule has 1 fully saturated rings. The van der Waals surface area contributed by atoms with Crippen LogP contribution in [0.2, 0.25) is 0 Å². The molecule has 6 rings (SSSR count). The average molecular weight is 641 g/mol. The lowest BCUT2D eigenvalue weighted by Crippen LogP contribution is -2.47. The number of carbonyl (C=O) groups excluding carboxylic acids is 2. The van der Waals surface area contributed by atoms with Gasteiger partial charge in [-0.3, -0.25) is 9.59 Å². The Hall–Kier alpha value is -3.47. The molecule has 2 aliphatic rings. The molecule has 2 amide bonds. The molecule has 0 saturated carbocycles. The summed E-state index contributed by atoms with van der Waals surface area (Å²) in [7, 11) is 2.84. The van der Waals surface area contributed by atoms with Gasteiger partial charge in [-0.05, 0) is 59.3 Å². The van der Waals surface area contributed by atoms with Crippen LogP contribution in [0.1, 0.15) is 88.7 Å². The summed E-state index contributed by atoms with van der Waals surface area (Å²) in [6, 6.07) is 24.9. The summed E-state index contributed by atoms with van der Waals surface area (Å²) in [5.41, 5.74) is 5.56. The first-order valence-electron chi connectivity index (χ1n) is 17.1. The highest BCUT2D eigenvalue weighted by molar-refractivity contribution is 7.18. The number of H-pyrrole nitrogens is 1. The van der Waals surface area contributed by atoms with Crippen LogP contribution in [0.15, 0.2) is 79.0 Å². The Balaban J connectivity index is 0.00000116. The molecule has 3 aromatic carbocycles. The molecule has 1 aliphatic heterocycles. The number of para-hydroxylation sites is 1. The molecule has 3 N–H and O–H groups in total. The standard InChI is InChI=1S/C35H41N4O2P.2C2H6/c1-34(2,42)23-37-33(41)35(29-14-6-3-11-25(29)26-12-4-7-15-30(26)35)18-9-10-19-39-20-17-24(22-39)38-32(40)28-21-36-31-16-8-5-13-27(28)31;2*1-2/h3-8,11-16,21,24,36H,9-10,17-20,22-23,42H2,1-2H3,(H,37,41)(H,38,40);2*1-2H3. The number of aromatic amines is 1. The summed E-state index contributed by atoms with van der Waals surface area (Å²) in [4.78, 5) is 32.8. The van der Waals surface area contributed by atoms with Gasteiger partial charge in [0.25, 0.3) is 5.91 Å². The average Bonchev–Trinajstić information content (AvgIpc) is 3.79. The second-order valence-corrected chi connectivity index (χ2v) is 14.2. The molecule has 46 heavy (non-hydrogen) atoms. The summed E-state index contributed by atoms with van der Waals surface area (Å²) < 4.78 is 0. The molecule has 0 bridgehead atoms. The molecule has 2 heterocycles. The maximum Gasteiger partial charge on any atom is 0.253 e. The van der Waals surface area contributed by atoms with Crippen molar-refractivity contribution in [1.82, 2.24) is 20.5 Å². The number of nitrogens with one attached hydrogen (secondary N) is 3. The Bertz CT molecular complexity index is 1560. The highest BCUT2D eigenvalue weighted by Gasteiger charge is 2.48. The second kappa shape index (κ2) is 15.9. The van der Waals surface area contributed by atoms with Crippen molar-refractivity contribution < 1.29 is 9.59 Å². The predicted octanol–water partition coefficient (Wildman–Crippen LogP) is 7.93. The van der Waals surface area contributed by atoms with Crippen LogP contribution >= 0.6 is 9.24 Å². The predicted molar refractivity (Wildman–Crippen MR) is 197 cm³/mol. The number of unbranched alkanes of at least 4 members (excludes halogenated alkanes) is 1. The topological polar surface area (TPSA) is 77.2 Å². The Kier molecular flexibility index (Phi) is 12.2. The molecule has 0 radical (unpaired) electrons. The molecule has 1 saturated heterocycles. The zero-order valence-corrected chi connectivity index (χ0v) is 29.7. The van der Waals surface area contributed by atoms with Crippen molar-refractivity contribution in [2.75, 3.05) is 26.2 Å². The van der Waals surface area contributed by atoms with Gasteiger partial charge in [0.15, 0.2) is 0 Å². The van der Waals surface area contributed by atoms with Gasteiger partial charge in [-0.15, -0.1) is 9.24 Å². The van der Waals surface area contributed by atoms with Crippen LogP contribution in [-0.2, 0) is 10.2 Å². The fourth-order valence-corrected chi connectivity index (χ4v) is 6.92. The minimum atomic E-state index is -0.691. The lowest BCUT2D eigenvalue weighted by molar-refractivity contribution is -0.125. The maximum atomic E-state index is 14.1. The van der Waals surface area contributed by atoms with Gasteiger partial charge in [-0.1, -0.05) is 115 Å². The third-order valence-electron chi connectivity index (χ3n) is 8.87. The molecule has 2 unspecified atom stereocenters. The second-order valence-electron chi connectivity index (χ2n) is 12.6. The molecular formula is C39H53N4O2P. The van der Waals surface area contributed by atoms with E-state index in [4.69, 9.17) is 0 Å². The zero-order valence-electron chi connectivity index (χ0n) is 28.6. The number of benzene rings is 3. The molecule has 1 aliphatic carbocycles. The summed E-state index contributed by atoms with van der Waals surface area (Å²) in [5, 5.41) is 7.43. The van der Waals surface area contributed by atoms with Crippen molar-refractivity contribution in [2.24, 2.45) is 0 Å². The Morgan fingerprint density at radius 3 is 2.17 bits per heavy atom. The van der Waals surface area contributed by atoms with E-state index in [1.807, 2.05) is 52.0 Å². The summed E-state index contributed by atoms with van der Waals surface area (Å²) in [6.07, 6.45) is 5.45. The normalized spacial score (nSPS) is 16.4. The number of hydrogen-bond acceptors (Lipinski definition) is 3. The molecule has 7 heteroatoms. The minimum Gasteiger partial charge on any atom is -0.360 e. The van der Waals surface area contributed by atoms with Gasteiger partial charge in [0.05, 0.1) is 5.56 Å². The van der Waals surface area contributed by atoms with Gasteiger partial charge >= 0.3 is 0 Å². The fraction of sp³-hybridized carbons (Fsp3) is 0.436. The van der Waals surface area contributed by atoms with Crippen LogP contribution in [0.4, 0.5) is 0 Å². The minimum absolute atomic E-state index is 0.0144. The summed E-state index contributed by atoms with van der Waals surface area (Å²) >= 11 is 0. The SMILES string of the molecule is CC.CC.CC(C)(P)CNC(=O)C1(CCCCN2CCC(NC(=O)c3c[nH]c4ccccc34)C2)c2ccccc2-c2ccccc21. The van der Waals surface area contributed by atoms with E-state index < -0.39 is 5.41 Å². The van der Waals surface area contributed by atoms with E-state index in [1.165, 1.54) is 11.1 Å². The fourth-order valence-electron chi connectivity index (χ4n) is 6.81. The van der Waals surface area contributed by atoms with E-state index in [0.717, 1.165) is 67.3 Å². The Morgan fingerprint density at radius 1 is 0.913 bits per heavy atom. The van der Waals surface area contributed by atoms with Crippen molar-refractivity contribution in [1.29, 1.82) is 0 Å². The number of rotatable bonds is 10. The lowest BCUT2D eigenvalue weighted by Gasteiger charge is -2.32. The first-order valence-corrected chi connectivity index (χ1v) is 17.7. The smallest absolute Gasteiger partial charge is 0.253 e. The van der Waals surface area contributed by atoms with E-state index >= 15 is 0 Å². The first-order chi connectivity index (χ1) is 22.3. The number of aromatic nitrogens is 1. The number of hydrogen-bond donors (Lipinski definition) is 3. The van der Waals surface area contributed by atoms with Crippen LogP contribution in [0.25, 0.3) is 22.0 Å². The van der Waals surface area contributed by atoms with Gasteiger partial charge in [-0.25, -0.2) is 0 Å². The van der Waals surface area contributed by atoms with Gasteiger partial charge in [0.1, 0.15) is 5.41 Å². The van der Waals surface area contributed by atoms with Crippen LogP contribution in [0.3, 0.4) is 0 Å². The number of amides is 2. The van der Waals surface area contributed by atoms with Crippen LogP contribution in [0.5, 0.6) is 0 Å². The number of likely N-dealkylation sites (tertiary alicyclic amines) is 1. The van der Waals surface area contributed by atoms with Crippen LogP contribution < -0.4 is 10.6 Å². The third-order valence-corrected chi connectivity index (χ3v) is 9.08. The van der Waals surface area contributed by atoms with Crippen LogP contribution in [0, 0.1) is 0 Å². The first kappa shape index (κ1) is 35.4. The summed E-state index contributed by atoms with van der Waals surface area (Å²) in [6.45, 7) is 15.6.